The molecule has 0 saturated carbocycles. The van der Waals surface area contributed by atoms with E-state index < -0.39 is 6.10 Å². The van der Waals surface area contributed by atoms with Gasteiger partial charge in [0, 0.05) is 19.0 Å². The summed E-state index contributed by atoms with van der Waals surface area (Å²) in [5.74, 6) is 1.33. The molecule has 0 aromatic heterocycles. The van der Waals surface area contributed by atoms with Crippen LogP contribution in [0.5, 0.6) is 11.5 Å². The number of nitrogens with one attached hydrogen (secondary N) is 1. The lowest BCUT2D eigenvalue weighted by Crippen LogP contribution is -2.30. The molecule has 0 heterocycles. The van der Waals surface area contributed by atoms with Crippen molar-refractivity contribution in [1.82, 2.24) is 5.32 Å². The van der Waals surface area contributed by atoms with Crippen LogP contribution < -0.4 is 14.8 Å². The molecule has 0 spiro atoms. The number of aryl methyl sites for hydroxylation is 1. The van der Waals surface area contributed by atoms with Crippen LogP contribution in [-0.2, 0) is 11.2 Å². The molecule has 5 heteroatoms. The molecule has 0 aliphatic heterocycles. The molecule has 1 unspecified atom stereocenters. The van der Waals surface area contributed by atoms with Crippen LogP contribution >= 0.6 is 0 Å². The topological polar surface area (TPSA) is 67.8 Å². The summed E-state index contributed by atoms with van der Waals surface area (Å²) in [6.45, 7) is 1.91. The van der Waals surface area contributed by atoms with Crippen LogP contribution in [-0.4, -0.2) is 37.9 Å². The van der Waals surface area contributed by atoms with E-state index in [2.05, 4.69) is 5.32 Å². The Bertz CT molecular complexity index is 396. The molecule has 1 amide bonds. The van der Waals surface area contributed by atoms with Gasteiger partial charge in [-0.3, -0.25) is 4.79 Å². The molecule has 0 aliphatic rings. The van der Waals surface area contributed by atoms with Crippen molar-refractivity contribution in [3.63, 3.8) is 0 Å². The molecule has 0 saturated heterocycles. The van der Waals surface area contributed by atoms with Gasteiger partial charge in [-0.1, -0.05) is 0 Å². The second kappa shape index (κ2) is 7.63. The monoisotopic (exact) mass is 267 g/mol. The van der Waals surface area contributed by atoms with Crippen molar-refractivity contribution in [2.24, 2.45) is 0 Å². The molecule has 5 nitrogen and oxygen atoms in total. The Morgan fingerprint density at radius 2 is 1.84 bits per heavy atom. The third-order valence-corrected chi connectivity index (χ3v) is 2.65. The molecule has 1 aromatic rings. The number of carbonyl (C=O) groups is 1. The Hall–Kier alpha value is -1.75. The van der Waals surface area contributed by atoms with E-state index in [0.29, 0.717) is 24.3 Å². The highest BCUT2D eigenvalue weighted by Crippen LogP contribution is 2.23. The van der Waals surface area contributed by atoms with Gasteiger partial charge in [0.1, 0.15) is 11.5 Å². The van der Waals surface area contributed by atoms with Gasteiger partial charge in [0.2, 0.25) is 5.91 Å². The van der Waals surface area contributed by atoms with Crippen LogP contribution in [0.25, 0.3) is 0 Å². The maximum atomic E-state index is 11.5. The van der Waals surface area contributed by atoms with E-state index in [1.807, 2.05) is 12.1 Å². The summed E-state index contributed by atoms with van der Waals surface area (Å²) in [7, 11) is 3.18. The van der Waals surface area contributed by atoms with Crippen molar-refractivity contribution < 1.29 is 19.4 Å². The first kappa shape index (κ1) is 15.3. The largest absolute Gasteiger partial charge is 0.497 e. The first-order valence-electron chi connectivity index (χ1n) is 6.22. The van der Waals surface area contributed by atoms with Gasteiger partial charge < -0.3 is 19.9 Å². The van der Waals surface area contributed by atoms with Crippen molar-refractivity contribution in [2.45, 2.75) is 25.9 Å². The molecule has 1 atom stereocenters. The maximum absolute atomic E-state index is 11.5. The number of carbonyl (C=O) groups excluding carboxylic acids is 1. The first-order valence-corrected chi connectivity index (χ1v) is 6.22. The van der Waals surface area contributed by atoms with Crippen LogP contribution in [0.4, 0.5) is 0 Å². The van der Waals surface area contributed by atoms with Crippen LogP contribution in [0.2, 0.25) is 0 Å². The summed E-state index contributed by atoms with van der Waals surface area (Å²) in [6.07, 6.45) is 0.434. The predicted molar refractivity (Wildman–Crippen MR) is 72.6 cm³/mol. The van der Waals surface area contributed by atoms with Gasteiger partial charge in [-0.2, -0.15) is 0 Å². The van der Waals surface area contributed by atoms with E-state index >= 15 is 0 Å². The van der Waals surface area contributed by atoms with Crippen LogP contribution in [0, 0.1) is 0 Å². The standard InChI is InChI=1S/C14H21NO4/c1-10(16)9-15-14(17)5-4-11-6-12(18-2)8-13(7-11)19-3/h6-8,10,16H,4-5,9H2,1-3H3,(H,15,17). The van der Waals surface area contributed by atoms with E-state index in [0.717, 1.165) is 5.56 Å². The number of ether oxygens (including phenoxy) is 2. The van der Waals surface area contributed by atoms with Gasteiger partial charge in [-0.25, -0.2) is 0 Å². The first-order chi connectivity index (χ1) is 9.05. The number of aliphatic hydroxyl groups is 1. The fraction of sp³-hybridized carbons (Fsp3) is 0.500. The average Bonchev–Trinajstić information content (AvgIpc) is 2.42. The maximum Gasteiger partial charge on any atom is 0.220 e. The van der Waals surface area contributed by atoms with Crippen molar-refractivity contribution in [2.75, 3.05) is 20.8 Å². The summed E-state index contributed by atoms with van der Waals surface area (Å²) >= 11 is 0. The van der Waals surface area contributed by atoms with Gasteiger partial charge >= 0.3 is 0 Å². The zero-order chi connectivity index (χ0) is 14.3. The van der Waals surface area contributed by atoms with Gasteiger partial charge in [-0.05, 0) is 31.0 Å². The van der Waals surface area contributed by atoms with E-state index in [9.17, 15) is 4.79 Å². The number of benzene rings is 1. The second-order valence-corrected chi connectivity index (χ2v) is 4.37. The molecule has 1 aromatic carbocycles. The molecule has 0 aliphatic carbocycles. The number of amides is 1. The Balaban J connectivity index is 2.54. The smallest absolute Gasteiger partial charge is 0.220 e. The molecule has 0 bridgehead atoms. The van der Waals surface area contributed by atoms with Crippen LogP contribution in [0.1, 0.15) is 18.9 Å². The summed E-state index contributed by atoms with van der Waals surface area (Å²) in [5, 5.41) is 11.7. The minimum absolute atomic E-state index is 0.0808. The van der Waals surface area contributed by atoms with Crippen molar-refractivity contribution >= 4 is 5.91 Å². The molecule has 0 radical (unpaired) electrons. The zero-order valence-electron chi connectivity index (χ0n) is 11.6. The number of rotatable bonds is 7. The molecule has 2 N–H and O–H groups in total. The van der Waals surface area contributed by atoms with E-state index in [-0.39, 0.29) is 12.5 Å². The highest BCUT2D eigenvalue weighted by molar-refractivity contribution is 5.76. The highest BCUT2D eigenvalue weighted by Gasteiger charge is 2.06. The minimum atomic E-state index is -0.527. The Morgan fingerprint density at radius 1 is 1.26 bits per heavy atom. The fourth-order valence-corrected chi connectivity index (χ4v) is 1.62. The fourth-order valence-electron chi connectivity index (χ4n) is 1.62. The summed E-state index contributed by atoms with van der Waals surface area (Å²) in [6, 6.07) is 5.55. The van der Waals surface area contributed by atoms with E-state index in [4.69, 9.17) is 14.6 Å². The van der Waals surface area contributed by atoms with Crippen molar-refractivity contribution in [3.8, 4) is 11.5 Å². The Morgan fingerprint density at radius 3 is 2.32 bits per heavy atom. The van der Waals surface area contributed by atoms with Gasteiger partial charge in [-0.15, -0.1) is 0 Å². The second-order valence-electron chi connectivity index (χ2n) is 4.37. The summed E-state index contributed by atoms with van der Waals surface area (Å²) < 4.78 is 10.3. The minimum Gasteiger partial charge on any atom is -0.497 e. The third kappa shape index (κ3) is 5.61. The summed E-state index contributed by atoms with van der Waals surface area (Å²) in [4.78, 5) is 11.5. The van der Waals surface area contributed by atoms with Gasteiger partial charge in [0.15, 0.2) is 0 Å². The van der Waals surface area contributed by atoms with Crippen molar-refractivity contribution in [1.29, 1.82) is 0 Å². The lowest BCUT2D eigenvalue weighted by atomic mass is 10.1. The average molecular weight is 267 g/mol. The molecular formula is C14H21NO4. The lowest BCUT2D eigenvalue weighted by Gasteiger charge is -2.09. The van der Waals surface area contributed by atoms with E-state index in [1.165, 1.54) is 0 Å². The lowest BCUT2D eigenvalue weighted by molar-refractivity contribution is -0.121. The predicted octanol–water partition coefficient (Wildman–Crippen LogP) is 1.13. The van der Waals surface area contributed by atoms with Crippen LogP contribution in [0.3, 0.4) is 0 Å². The molecule has 19 heavy (non-hydrogen) atoms. The summed E-state index contributed by atoms with van der Waals surface area (Å²) in [5.41, 5.74) is 0.975. The zero-order valence-corrected chi connectivity index (χ0v) is 11.6. The molecule has 1 rings (SSSR count). The van der Waals surface area contributed by atoms with Gasteiger partial charge in [0.05, 0.1) is 20.3 Å². The van der Waals surface area contributed by atoms with Crippen molar-refractivity contribution in [3.05, 3.63) is 23.8 Å². The quantitative estimate of drug-likeness (QED) is 0.777. The molecule has 106 valence electrons. The third-order valence-electron chi connectivity index (χ3n) is 2.65. The molecular weight excluding hydrogens is 246 g/mol. The normalized spacial score (nSPS) is 11.8. The van der Waals surface area contributed by atoms with Crippen LogP contribution in [0.15, 0.2) is 18.2 Å². The number of aliphatic hydroxyl groups excluding tert-OH is 1. The Labute approximate surface area is 113 Å². The Kier molecular flexibility index (Phi) is 6.15. The SMILES string of the molecule is COc1cc(CCC(=O)NCC(C)O)cc(OC)c1. The molecule has 0 fully saturated rings. The number of hydrogen-bond acceptors (Lipinski definition) is 4. The van der Waals surface area contributed by atoms with E-state index in [1.54, 1.807) is 27.2 Å². The highest BCUT2D eigenvalue weighted by atomic mass is 16.5. The van der Waals surface area contributed by atoms with Gasteiger partial charge in [0.25, 0.3) is 0 Å². The number of hydrogen-bond donors (Lipinski definition) is 2. The number of methoxy groups -OCH3 is 2.